The number of nitrogens with zero attached hydrogens (tertiary/aromatic N) is 2. The molecule has 0 N–H and O–H groups in total. The van der Waals surface area contributed by atoms with Gasteiger partial charge in [-0.15, -0.1) is 0 Å². The number of ketones is 1. The first-order valence-corrected chi connectivity index (χ1v) is 11.3. The van der Waals surface area contributed by atoms with E-state index >= 15 is 0 Å². The maximum Gasteiger partial charge on any atom is 0.219 e. The van der Waals surface area contributed by atoms with Crippen LogP contribution in [0.1, 0.15) is 60.5 Å². The molecule has 2 aliphatic rings. The van der Waals surface area contributed by atoms with E-state index in [0.717, 1.165) is 63.8 Å². The van der Waals surface area contributed by atoms with Crippen molar-refractivity contribution < 1.29 is 9.59 Å². The van der Waals surface area contributed by atoms with Gasteiger partial charge in [0.2, 0.25) is 5.91 Å². The molecule has 0 aromatic heterocycles. The molecule has 2 heterocycles. The minimum Gasteiger partial charge on any atom is -0.367 e. The summed E-state index contributed by atoms with van der Waals surface area (Å²) < 4.78 is 0. The minimum absolute atomic E-state index is 0.167. The van der Waals surface area contributed by atoms with Crippen LogP contribution in [0.15, 0.2) is 48.5 Å². The van der Waals surface area contributed by atoms with Gasteiger partial charge in [-0.3, -0.25) is 9.59 Å². The van der Waals surface area contributed by atoms with E-state index in [1.165, 1.54) is 16.8 Å². The summed E-state index contributed by atoms with van der Waals surface area (Å²) in [5.41, 5.74) is 4.76. The van der Waals surface area contributed by atoms with Crippen molar-refractivity contribution in [2.24, 2.45) is 5.92 Å². The van der Waals surface area contributed by atoms with Gasteiger partial charge in [-0.05, 0) is 67.3 Å². The molecule has 2 aliphatic heterocycles. The van der Waals surface area contributed by atoms with E-state index in [0.29, 0.717) is 12.3 Å². The standard InChI is InChI=1S/C26H32N2O2/c1-20(29)27-16-13-21(14-17-27)9-12-26(30)24-10-11-25-23(18-24)8-5-15-28(25)19-22-6-3-2-4-7-22/h2-4,6-7,10-11,18,21H,5,8-9,12-17,19H2,1H3. The molecule has 0 aliphatic carbocycles. The summed E-state index contributed by atoms with van der Waals surface area (Å²) in [6, 6.07) is 16.9. The fourth-order valence-corrected chi connectivity index (χ4v) is 4.83. The van der Waals surface area contributed by atoms with Gasteiger partial charge in [-0.1, -0.05) is 30.3 Å². The summed E-state index contributed by atoms with van der Waals surface area (Å²) in [4.78, 5) is 28.7. The second kappa shape index (κ2) is 9.46. The maximum atomic E-state index is 12.8. The number of anilines is 1. The molecule has 158 valence electrons. The predicted molar refractivity (Wildman–Crippen MR) is 121 cm³/mol. The van der Waals surface area contributed by atoms with E-state index < -0.39 is 0 Å². The SMILES string of the molecule is CC(=O)N1CCC(CCC(=O)c2ccc3c(c2)CCCN3Cc2ccccc2)CC1. The fourth-order valence-electron chi connectivity index (χ4n) is 4.83. The summed E-state index contributed by atoms with van der Waals surface area (Å²) in [6.45, 7) is 5.30. The van der Waals surface area contributed by atoms with Crippen LogP contribution in [0.3, 0.4) is 0 Å². The number of likely N-dealkylation sites (tertiary alicyclic amines) is 1. The average molecular weight is 405 g/mol. The van der Waals surface area contributed by atoms with Gasteiger partial charge in [-0.25, -0.2) is 0 Å². The number of carbonyl (C=O) groups is 2. The number of Topliss-reactive ketones (excluding diaryl/α,β-unsaturated/α-hetero) is 1. The Morgan fingerprint density at radius 1 is 1.00 bits per heavy atom. The Morgan fingerprint density at radius 3 is 2.50 bits per heavy atom. The Bertz CT molecular complexity index is 885. The van der Waals surface area contributed by atoms with E-state index in [4.69, 9.17) is 0 Å². The molecule has 1 fully saturated rings. The molecule has 2 aromatic rings. The van der Waals surface area contributed by atoms with Gasteiger partial charge in [0.05, 0.1) is 0 Å². The van der Waals surface area contributed by atoms with E-state index in [9.17, 15) is 9.59 Å². The molecule has 0 bridgehead atoms. The quantitative estimate of drug-likeness (QED) is 0.646. The van der Waals surface area contributed by atoms with Crippen LogP contribution in [-0.2, 0) is 17.8 Å². The van der Waals surface area contributed by atoms with Crippen molar-refractivity contribution in [2.75, 3.05) is 24.5 Å². The van der Waals surface area contributed by atoms with Crippen LogP contribution >= 0.6 is 0 Å². The highest BCUT2D eigenvalue weighted by molar-refractivity contribution is 5.96. The minimum atomic E-state index is 0.167. The third kappa shape index (κ3) is 4.92. The predicted octanol–water partition coefficient (Wildman–Crippen LogP) is 4.86. The maximum absolute atomic E-state index is 12.8. The van der Waals surface area contributed by atoms with E-state index in [2.05, 4.69) is 47.4 Å². The van der Waals surface area contributed by atoms with Crippen molar-refractivity contribution in [3.8, 4) is 0 Å². The molecule has 4 nitrogen and oxygen atoms in total. The van der Waals surface area contributed by atoms with Crippen LogP contribution < -0.4 is 4.90 Å². The van der Waals surface area contributed by atoms with Gasteiger partial charge < -0.3 is 9.80 Å². The molecule has 4 heteroatoms. The molecule has 0 spiro atoms. The number of fused-ring (bicyclic) bond motifs is 1. The first-order chi connectivity index (χ1) is 14.6. The Balaban J connectivity index is 1.35. The zero-order valence-corrected chi connectivity index (χ0v) is 18.0. The molecule has 30 heavy (non-hydrogen) atoms. The van der Waals surface area contributed by atoms with Gasteiger partial charge >= 0.3 is 0 Å². The summed E-state index contributed by atoms with van der Waals surface area (Å²) in [5, 5.41) is 0. The Morgan fingerprint density at radius 2 is 1.77 bits per heavy atom. The molecule has 0 unspecified atom stereocenters. The second-order valence-corrected chi connectivity index (χ2v) is 8.77. The van der Waals surface area contributed by atoms with Crippen LogP contribution in [-0.4, -0.2) is 36.2 Å². The van der Waals surface area contributed by atoms with Crippen molar-refractivity contribution in [2.45, 2.75) is 52.0 Å². The zero-order valence-electron chi connectivity index (χ0n) is 18.0. The third-order valence-corrected chi connectivity index (χ3v) is 6.67. The molecule has 2 aromatic carbocycles. The Hall–Kier alpha value is -2.62. The van der Waals surface area contributed by atoms with Crippen LogP contribution in [0.25, 0.3) is 0 Å². The molecule has 0 saturated carbocycles. The highest BCUT2D eigenvalue weighted by Gasteiger charge is 2.22. The number of piperidine rings is 1. The second-order valence-electron chi connectivity index (χ2n) is 8.77. The number of hydrogen-bond acceptors (Lipinski definition) is 3. The molecule has 1 saturated heterocycles. The Labute approximate surface area is 179 Å². The van der Waals surface area contributed by atoms with E-state index in [1.807, 2.05) is 11.0 Å². The lowest BCUT2D eigenvalue weighted by Crippen LogP contribution is -2.37. The summed E-state index contributed by atoms with van der Waals surface area (Å²) >= 11 is 0. The molecular formula is C26H32N2O2. The van der Waals surface area contributed by atoms with Crippen molar-refractivity contribution in [3.05, 3.63) is 65.2 Å². The van der Waals surface area contributed by atoms with E-state index in [1.54, 1.807) is 6.92 Å². The lowest BCUT2D eigenvalue weighted by Gasteiger charge is -2.32. The van der Waals surface area contributed by atoms with Gasteiger partial charge in [0, 0.05) is 50.8 Å². The molecule has 4 rings (SSSR count). The first-order valence-electron chi connectivity index (χ1n) is 11.3. The molecule has 1 amide bonds. The van der Waals surface area contributed by atoms with Gasteiger partial charge in [0.15, 0.2) is 5.78 Å². The van der Waals surface area contributed by atoms with Gasteiger partial charge in [0.25, 0.3) is 0 Å². The van der Waals surface area contributed by atoms with Crippen LogP contribution in [0.5, 0.6) is 0 Å². The highest BCUT2D eigenvalue weighted by Crippen LogP contribution is 2.30. The normalized spacial score (nSPS) is 17.0. The number of aryl methyl sites for hydroxylation is 1. The lowest BCUT2D eigenvalue weighted by atomic mass is 9.89. The number of carbonyl (C=O) groups excluding carboxylic acids is 2. The monoisotopic (exact) mass is 404 g/mol. The molecule has 0 radical (unpaired) electrons. The zero-order chi connectivity index (χ0) is 20.9. The van der Waals surface area contributed by atoms with E-state index in [-0.39, 0.29) is 11.7 Å². The topological polar surface area (TPSA) is 40.6 Å². The Kier molecular flexibility index (Phi) is 6.51. The van der Waals surface area contributed by atoms with Crippen molar-refractivity contribution in [1.82, 2.24) is 4.90 Å². The van der Waals surface area contributed by atoms with Crippen molar-refractivity contribution in [1.29, 1.82) is 0 Å². The van der Waals surface area contributed by atoms with Crippen LogP contribution in [0.2, 0.25) is 0 Å². The fraction of sp³-hybridized carbons (Fsp3) is 0.462. The molecular weight excluding hydrogens is 372 g/mol. The van der Waals surface area contributed by atoms with Gasteiger partial charge in [-0.2, -0.15) is 0 Å². The highest BCUT2D eigenvalue weighted by atomic mass is 16.2. The van der Waals surface area contributed by atoms with Crippen LogP contribution in [0, 0.1) is 5.92 Å². The average Bonchev–Trinajstić information content (AvgIpc) is 2.78. The first kappa shape index (κ1) is 20.6. The number of hydrogen-bond donors (Lipinski definition) is 0. The van der Waals surface area contributed by atoms with Crippen molar-refractivity contribution in [3.63, 3.8) is 0 Å². The number of benzene rings is 2. The summed E-state index contributed by atoms with van der Waals surface area (Å²) in [5.74, 6) is 0.982. The van der Waals surface area contributed by atoms with Crippen LogP contribution in [0.4, 0.5) is 5.69 Å². The largest absolute Gasteiger partial charge is 0.367 e. The number of amides is 1. The summed E-state index contributed by atoms with van der Waals surface area (Å²) in [6.07, 6.45) is 5.76. The summed E-state index contributed by atoms with van der Waals surface area (Å²) in [7, 11) is 0. The smallest absolute Gasteiger partial charge is 0.219 e. The lowest BCUT2D eigenvalue weighted by molar-refractivity contribution is -0.130. The number of rotatable bonds is 6. The van der Waals surface area contributed by atoms with Crippen molar-refractivity contribution >= 4 is 17.4 Å². The third-order valence-electron chi connectivity index (χ3n) is 6.67. The molecule has 0 atom stereocenters. The van der Waals surface area contributed by atoms with Gasteiger partial charge in [0.1, 0.15) is 0 Å².